The molecule has 0 rings (SSSR count). The van der Waals surface area contributed by atoms with Crippen molar-refractivity contribution >= 4 is 5.91 Å². The molecule has 0 aromatic heterocycles. The highest BCUT2D eigenvalue weighted by Gasteiger charge is 1.99. The van der Waals surface area contributed by atoms with Crippen LogP contribution in [-0.4, -0.2) is 19.0 Å². The van der Waals surface area contributed by atoms with Crippen molar-refractivity contribution < 1.29 is 4.79 Å². The lowest BCUT2D eigenvalue weighted by Crippen LogP contribution is -2.24. The van der Waals surface area contributed by atoms with Gasteiger partial charge in [-0.2, -0.15) is 0 Å². The van der Waals surface area contributed by atoms with E-state index in [2.05, 4.69) is 24.4 Å². The highest BCUT2D eigenvalue weighted by molar-refractivity contribution is 5.75. The molecule has 0 aliphatic carbocycles. The molecule has 0 aliphatic heterocycles. The summed E-state index contributed by atoms with van der Waals surface area (Å²) in [6.07, 6.45) is 24.2. The predicted octanol–water partition coefficient (Wildman–Crippen LogP) is 5.88. The number of amides is 1. The zero-order valence-electron chi connectivity index (χ0n) is 16.9. The van der Waals surface area contributed by atoms with Gasteiger partial charge in [-0.25, -0.2) is 0 Å². The molecule has 0 spiro atoms. The molecule has 148 valence electrons. The average Bonchev–Trinajstić information content (AvgIpc) is 2.62. The molecule has 1 amide bonds. The number of hydrogen-bond donors (Lipinski definition) is 2. The van der Waals surface area contributed by atoms with Gasteiger partial charge in [0.15, 0.2) is 0 Å². The number of nitrogens with one attached hydrogen (secondary N) is 1. The zero-order chi connectivity index (χ0) is 18.4. The summed E-state index contributed by atoms with van der Waals surface area (Å²) in [5, 5.41) is 2.96. The van der Waals surface area contributed by atoms with Gasteiger partial charge < -0.3 is 11.1 Å². The Hall–Kier alpha value is -0.830. The van der Waals surface area contributed by atoms with Crippen molar-refractivity contribution in [1.82, 2.24) is 5.32 Å². The molecule has 0 bridgehead atoms. The highest BCUT2D eigenvalue weighted by atomic mass is 16.1. The molecule has 0 fully saturated rings. The lowest BCUT2D eigenvalue weighted by Gasteiger charge is -2.04. The van der Waals surface area contributed by atoms with Gasteiger partial charge >= 0.3 is 0 Å². The minimum absolute atomic E-state index is 0.203. The van der Waals surface area contributed by atoms with E-state index in [4.69, 9.17) is 5.73 Å². The molecule has 0 unspecified atom stereocenters. The van der Waals surface area contributed by atoms with Crippen molar-refractivity contribution in [3.63, 3.8) is 0 Å². The molecule has 0 radical (unpaired) electrons. The molecule has 0 aromatic rings. The van der Waals surface area contributed by atoms with Gasteiger partial charge in [0.05, 0.1) is 0 Å². The quantitative estimate of drug-likeness (QED) is 0.225. The first kappa shape index (κ1) is 24.2. The van der Waals surface area contributed by atoms with Gasteiger partial charge in [-0.1, -0.05) is 70.4 Å². The summed E-state index contributed by atoms with van der Waals surface area (Å²) >= 11 is 0. The minimum Gasteiger partial charge on any atom is -0.356 e. The largest absolute Gasteiger partial charge is 0.356 e. The Labute approximate surface area is 157 Å². The molecule has 0 atom stereocenters. The van der Waals surface area contributed by atoms with Crippen LogP contribution in [0.4, 0.5) is 0 Å². The van der Waals surface area contributed by atoms with Crippen molar-refractivity contribution in [3.05, 3.63) is 12.2 Å². The Balaban J connectivity index is 3.17. The third-order valence-corrected chi connectivity index (χ3v) is 4.62. The average molecular weight is 353 g/mol. The Bertz CT molecular complexity index is 302. The number of unbranched alkanes of at least 4 members (excludes halogenated alkanes) is 12. The normalized spacial score (nSPS) is 11.3. The van der Waals surface area contributed by atoms with Gasteiger partial charge in [-0.15, -0.1) is 0 Å². The second-order valence-corrected chi connectivity index (χ2v) is 7.18. The lowest BCUT2D eigenvalue weighted by atomic mass is 10.1. The number of rotatable bonds is 19. The summed E-state index contributed by atoms with van der Waals surface area (Å²) in [4.78, 5) is 11.6. The minimum atomic E-state index is 0.203. The Morgan fingerprint density at radius 2 is 1.32 bits per heavy atom. The first-order chi connectivity index (χ1) is 12.3. The molecule has 0 aromatic carbocycles. The number of nitrogens with two attached hydrogens (primary N) is 1. The van der Waals surface area contributed by atoms with Gasteiger partial charge in [0.25, 0.3) is 0 Å². The summed E-state index contributed by atoms with van der Waals surface area (Å²) in [6, 6.07) is 0. The number of carbonyl (C=O) groups excluding carboxylic acids is 1. The number of allylic oxidation sites excluding steroid dienone is 2. The first-order valence-corrected chi connectivity index (χ1v) is 10.9. The van der Waals surface area contributed by atoms with E-state index in [0.29, 0.717) is 13.0 Å². The van der Waals surface area contributed by atoms with Crippen LogP contribution in [0.5, 0.6) is 0 Å². The van der Waals surface area contributed by atoms with Gasteiger partial charge in [0.1, 0.15) is 0 Å². The molecule has 3 nitrogen and oxygen atoms in total. The third-order valence-electron chi connectivity index (χ3n) is 4.62. The highest BCUT2D eigenvalue weighted by Crippen LogP contribution is 2.09. The maximum Gasteiger partial charge on any atom is 0.219 e. The van der Waals surface area contributed by atoms with Crippen LogP contribution in [0.3, 0.4) is 0 Å². The zero-order valence-corrected chi connectivity index (χ0v) is 16.9. The molecular formula is C22H44N2O. The van der Waals surface area contributed by atoms with E-state index in [9.17, 15) is 4.79 Å². The van der Waals surface area contributed by atoms with E-state index in [1.165, 1.54) is 77.0 Å². The summed E-state index contributed by atoms with van der Waals surface area (Å²) in [6.45, 7) is 3.76. The van der Waals surface area contributed by atoms with Crippen LogP contribution >= 0.6 is 0 Å². The van der Waals surface area contributed by atoms with Crippen LogP contribution in [0.15, 0.2) is 12.2 Å². The third kappa shape index (κ3) is 21.1. The predicted molar refractivity (Wildman–Crippen MR) is 111 cm³/mol. The first-order valence-electron chi connectivity index (χ1n) is 10.9. The number of hydrogen-bond acceptors (Lipinski definition) is 2. The Kier molecular flexibility index (Phi) is 20.5. The van der Waals surface area contributed by atoms with Crippen molar-refractivity contribution in [3.8, 4) is 0 Å². The molecule has 25 heavy (non-hydrogen) atoms. The van der Waals surface area contributed by atoms with Crippen LogP contribution in [0.2, 0.25) is 0 Å². The maximum absolute atomic E-state index is 11.6. The van der Waals surface area contributed by atoms with Gasteiger partial charge in [-0.3, -0.25) is 4.79 Å². The smallest absolute Gasteiger partial charge is 0.219 e. The standard InChI is InChI=1S/C22H44N2O/c1-2-3-4-5-6-7-8-9-10-11-12-13-14-15-16-19-22(25)24-21-18-17-20-23/h9-10H,2-8,11-21,23H2,1H3,(H,24,25)/b10-9-. The topological polar surface area (TPSA) is 55.1 Å². The van der Waals surface area contributed by atoms with Crippen molar-refractivity contribution in [2.75, 3.05) is 13.1 Å². The van der Waals surface area contributed by atoms with Crippen LogP contribution in [-0.2, 0) is 4.79 Å². The lowest BCUT2D eigenvalue weighted by molar-refractivity contribution is -0.121. The maximum atomic E-state index is 11.6. The second kappa shape index (κ2) is 21.2. The number of carbonyl (C=O) groups is 1. The van der Waals surface area contributed by atoms with E-state index in [1.807, 2.05) is 0 Å². The van der Waals surface area contributed by atoms with Crippen molar-refractivity contribution in [1.29, 1.82) is 0 Å². The van der Waals surface area contributed by atoms with Crippen LogP contribution in [0.25, 0.3) is 0 Å². The van der Waals surface area contributed by atoms with E-state index < -0.39 is 0 Å². The van der Waals surface area contributed by atoms with E-state index >= 15 is 0 Å². The fourth-order valence-electron chi connectivity index (χ4n) is 2.94. The van der Waals surface area contributed by atoms with Crippen LogP contribution in [0.1, 0.15) is 110 Å². The van der Waals surface area contributed by atoms with Gasteiger partial charge in [-0.05, 0) is 51.5 Å². The fourth-order valence-corrected chi connectivity index (χ4v) is 2.94. The SMILES string of the molecule is CCCCCCCC/C=C\CCCCCCCC(=O)NCCCCN. The van der Waals surface area contributed by atoms with E-state index in [-0.39, 0.29) is 5.91 Å². The van der Waals surface area contributed by atoms with E-state index in [1.54, 1.807) is 0 Å². The Morgan fingerprint density at radius 1 is 0.760 bits per heavy atom. The molecule has 3 N–H and O–H groups in total. The van der Waals surface area contributed by atoms with Crippen molar-refractivity contribution in [2.24, 2.45) is 5.73 Å². The second-order valence-electron chi connectivity index (χ2n) is 7.18. The Morgan fingerprint density at radius 3 is 1.92 bits per heavy atom. The summed E-state index contributed by atoms with van der Waals surface area (Å²) < 4.78 is 0. The molecule has 0 heterocycles. The van der Waals surface area contributed by atoms with E-state index in [0.717, 1.165) is 25.8 Å². The van der Waals surface area contributed by atoms with Crippen LogP contribution in [0, 0.1) is 0 Å². The van der Waals surface area contributed by atoms with Gasteiger partial charge in [0, 0.05) is 13.0 Å². The fraction of sp³-hybridized carbons (Fsp3) is 0.864. The molecule has 0 saturated carbocycles. The summed E-state index contributed by atoms with van der Waals surface area (Å²) in [7, 11) is 0. The van der Waals surface area contributed by atoms with Crippen LogP contribution < -0.4 is 11.1 Å². The summed E-state index contributed by atoms with van der Waals surface area (Å²) in [5.41, 5.74) is 5.43. The van der Waals surface area contributed by atoms with Gasteiger partial charge in [0.2, 0.25) is 5.91 Å². The van der Waals surface area contributed by atoms with Crippen molar-refractivity contribution in [2.45, 2.75) is 110 Å². The summed E-state index contributed by atoms with van der Waals surface area (Å²) in [5.74, 6) is 0.203. The molecular weight excluding hydrogens is 308 g/mol. The molecule has 3 heteroatoms. The molecule has 0 aliphatic rings. The monoisotopic (exact) mass is 352 g/mol. The molecule has 0 saturated heterocycles.